The van der Waals surface area contributed by atoms with Crippen molar-refractivity contribution in [3.63, 3.8) is 0 Å². The van der Waals surface area contributed by atoms with Crippen molar-refractivity contribution in [3.05, 3.63) is 41.9 Å². The van der Waals surface area contributed by atoms with E-state index in [0.717, 1.165) is 18.0 Å². The standard InChI is InChI=1S/C14H18ClN3O/c1-3-19-9-11(2)17-13-6-4-5-12(15)14(13)18-8-7-16-10-18/h4-8,10-11,17H,3,9H2,1-2H3. The van der Waals surface area contributed by atoms with Gasteiger partial charge in [0.05, 0.1) is 29.3 Å². The Morgan fingerprint density at radius 1 is 1.47 bits per heavy atom. The van der Waals surface area contributed by atoms with Crippen molar-refractivity contribution >= 4 is 17.3 Å². The molecule has 0 spiro atoms. The van der Waals surface area contributed by atoms with Crippen LogP contribution in [0.4, 0.5) is 5.69 Å². The number of nitrogens with zero attached hydrogens (tertiary/aromatic N) is 2. The van der Waals surface area contributed by atoms with Crippen LogP contribution in [-0.2, 0) is 4.74 Å². The maximum Gasteiger partial charge on any atom is 0.0992 e. The Hall–Kier alpha value is -1.52. The third-order valence-corrected chi connectivity index (χ3v) is 3.03. The van der Waals surface area contributed by atoms with Crippen LogP contribution < -0.4 is 5.32 Å². The molecular formula is C14H18ClN3O. The van der Waals surface area contributed by atoms with Crippen molar-refractivity contribution in [1.82, 2.24) is 9.55 Å². The zero-order valence-electron chi connectivity index (χ0n) is 11.1. The quantitative estimate of drug-likeness (QED) is 0.881. The number of aromatic nitrogens is 2. The molecule has 2 rings (SSSR count). The number of para-hydroxylation sites is 1. The van der Waals surface area contributed by atoms with Gasteiger partial charge in [-0.2, -0.15) is 0 Å². The molecule has 1 heterocycles. The smallest absolute Gasteiger partial charge is 0.0992 e. The molecule has 0 saturated carbocycles. The first-order chi connectivity index (χ1) is 9.22. The molecule has 0 fully saturated rings. The molecule has 0 aliphatic rings. The number of anilines is 1. The number of hydrogen-bond donors (Lipinski definition) is 1. The van der Waals surface area contributed by atoms with Crippen LogP contribution in [0, 0.1) is 0 Å². The Morgan fingerprint density at radius 2 is 2.32 bits per heavy atom. The van der Waals surface area contributed by atoms with Gasteiger partial charge in [-0.25, -0.2) is 4.98 Å². The summed E-state index contributed by atoms with van der Waals surface area (Å²) in [5, 5.41) is 4.10. The topological polar surface area (TPSA) is 39.1 Å². The van der Waals surface area contributed by atoms with Crippen molar-refractivity contribution in [1.29, 1.82) is 0 Å². The number of nitrogens with one attached hydrogen (secondary N) is 1. The molecular weight excluding hydrogens is 262 g/mol. The van der Waals surface area contributed by atoms with Crippen LogP contribution in [0.5, 0.6) is 0 Å². The molecule has 1 unspecified atom stereocenters. The van der Waals surface area contributed by atoms with Crippen LogP contribution in [0.2, 0.25) is 5.02 Å². The van der Waals surface area contributed by atoms with Crippen LogP contribution in [-0.4, -0.2) is 28.8 Å². The number of imidazole rings is 1. The van der Waals surface area contributed by atoms with Crippen LogP contribution in [0.1, 0.15) is 13.8 Å². The maximum absolute atomic E-state index is 6.29. The summed E-state index contributed by atoms with van der Waals surface area (Å²) in [5.41, 5.74) is 1.88. The second-order valence-corrected chi connectivity index (χ2v) is 4.72. The van der Waals surface area contributed by atoms with E-state index in [1.165, 1.54) is 0 Å². The van der Waals surface area contributed by atoms with Crippen molar-refractivity contribution in [2.24, 2.45) is 0 Å². The Balaban J connectivity index is 2.23. The van der Waals surface area contributed by atoms with Crippen molar-refractivity contribution in [3.8, 4) is 5.69 Å². The molecule has 0 amide bonds. The first kappa shape index (κ1) is 13.9. The third kappa shape index (κ3) is 3.49. The minimum atomic E-state index is 0.209. The average Bonchev–Trinajstić information content (AvgIpc) is 2.90. The average molecular weight is 280 g/mol. The first-order valence-electron chi connectivity index (χ1n) is 6.33. The van der Waals surface area contributed by atoms with Crippen LogP contribution in [0.3, 0.4) is 0 Å². The predicted octanol–water partition coefficient (Wildman–Crippen LogP) is 3.36. The van der Waals surface area contributed by atoms with Gasteiger partial charge in [0, 0.05) is 25.0 Å². The lowest BCUT2D eigenvalue weighted by molar-refractivity contribution is 0.141. The molecule has 0 saturated heterocycles. The minimum absolute atomic E-state index is 0.209. The van der Waals surface area contributed by atoms with Crippen molar-refractivity contribution in [2.75, 3.05) is 18.5 Å². The molecule has 1 aromatic carbocycles. The van der Waals surface area contributed by atoms with Gasteiger partial charge in [0.15, 0.2) is 0 Å². The number of ether oxygens (including phenoxy) is 1. The van der Waals surface area contributed by atoms with E-state index in [2.05, 4.69) is 17.2 Å². The number of rotatable bonds is 6. The second kappa shape index (κ2) is 6.59. The van der Waals surface area contributed by atoms with Gasteiger partial charge in [0.2, 0.25) is 0 Å². The van der Waals surface area contributed by atoms with E-state index in [1.54, 1.807) is 12.5 Å². The minimum Gasteiger partial charge on any atom is -0.380 e. The number of benzene rings is 1. The van der Waals surface area contributed by atoms with Gasteiger partial charge in [-0.3, -0.25) is 0 Å². The third-order valence-electron chi connectivity index (χ3n) is 2.72. The summed E-state index contributed by atoms with van der Waals surface area (Å²) < 4.78 is 7.31. The van der Waals surface area contributed by atoms with Crippen molar-refractivity contribution in [2.45, 2.75) is 19.9 Å². The van der Waals surface area contributed by atoms with Crippen LogP contribution in [0.25, 0.3) is 5.69 Å². The monoisotopic (exact) mass is 279 g/mol. The largest absolute Gasteiger partial charge is 0.380 e. The Kier molecular flexibility index (Phi) is 4.82. The lowest BCUT2D eigenvalue weighted by Gasteiger charge is -2.19. The summed E-state index contributed by atoms with van der Waals surface area (Å²) in [6.07, 6.45) is 5.34. The fourth-order valence-corrected chi connectivity index (χ4v) is 2.16. The zero-order valence-corrected chi connectivity index (χ0v) is 11.9. The fraction of sp³-hybridized carbons (Fsp3) is 0.357. The lowest BCUT2D eigenvalue weighted by atomic mass is 10.2. The molecule has 1 aromatic heterocycles. The van der Waals surface area contributed by atoms with Gasteiger partial charge in [0.1, 0.15) is 0 Å². The molecule has 19 heavy (non-hydrogen) atoms. The number of halogens is 1. The summed E-state index contributed by atoms with van der Waals surface area (Å²) >= 11 is 6.29. The van der Waals surface area contributed by atoms with Crippen molar-refractivity contribution < 1.29 is 4.74 Å². The van der Waals surface area contributed by atoms with Gasteiger partial charge in [0.25, 0.3) is 0 Å². The molecule has 1 atom stereocenters. The molecule has 0 aliphatic carbocycles. The van der Waals surface area contributed by atoms with E-state index in [9.17, 15) is 0 Å². The highest BCUT2D eigenvalue weighted by molar-refractivity contribution is 6.33. The fourth-order valence-electron chi connectivity index (χ4n) is 1.89. The predicted molar refractivity (Wildman–Crippen MR) is 78.2 cm³/mol. The normalized spacial score (nSPS) is 12.4. The SMILES string of the molecule is CCOCC(C)Nc1cccc(Cl)c1-n1ccnc1. The lowest BCUT2D eigenvalue weighted by Crippen LogP contribution is -2.22. The molecule has 0 bridgehead atoms. The molecule has 0 aliphatic heterocycles. The summed E-state index contributed by atoms with van der Waals surface area (Å²) in [6, 6.07) is 6.01. The van der Waals surface area contributed by atoms with Gasteiger partial charge < -0.3 is 14.6 Å². The van der Waals surface area contributed by atoms with Gasteiger partial charge in [-0.1, -0.05) is 17.7 Å². The van der Waals surface area contributed by atoms with Gasteiger partial charge in [-0.15, -0.1) is 0 Å². The molecule has 1 N–H and O–H groups in total. The molecule has 4 nitrogen and oxygen atoms in total. The van der Waals surface area contributed by atoms with E-state index < -0.39 is 0 Å². The highest BCUT2D eigenvalue weighted by Crippen LogP contribution is 2.28. The molecule has 5 heteroatoms. The Bertz CT molecular complexity index is 513. The highest BCUT2D eigenvalue weighted by Gasteiger charge is 2.11. The Morgan fingerprint density at radius 3 is 3.00 bits per heavy atom. The van der Waals surface area contributed by atoms with E-state index >= 15 is 0 Å². The second-order valence-electron chi connectivity index (χ2n) is 4.31. The van der Waals surface area contributed by atoms with E-state index in [1.807, 2.05) is 35.9 Å². The van der Waals surface area contributed by atoms with E-state index in [-0.39, 0.29) is 6.04 Å². The van der Waals surface area contributed by atoms with E-state index in [4.69, 9.17) is 16.3 Å². The number of hydrogen-bond acceptors (Lipinski definition) is 3. The molecule has 102 valence electrons. The summed E-state index contributed by atoms with van der Waals surface area (Å²) in [4.78, 5) is 4.06. The Labute approximate surface area is 118 Å². The first-order valence-corrected chi connectivity index (χ1v) is 6.71. The van der Waals surface area contributed by atoms with Crippen LogP contribution in [0.15, 0.2) is 36.9 Å². The summed E-state index contributed by atoms with van der Waals surface area (Å²) in [7, 11) is 0. The highest BCUT2D eigenvalue weighted by atomic mass is 35.5. The van der Waals surface area contributed by atoms with Gasteiger partial charge >= 0.3 is 0 Å². The maximum atomic E-state index is 6.29. The van der Waals surface area contributed by atoms with Gasteiger partial charge in [-0.05, 0) is 26.0 Å². The van der Waals surface area contributed by atoms with E-state index in [0.29, 0.717) is 11.6 Å². The van der Waals surface area contributed by atoms with Crippen LogP contribution >= 0.6 is 11.6 Å². The molecule has 0 radical (unpaired) electrons. The zero-order chi connectivity index (χ0) is 13.7. The summed E-state index contributed by atoms with van der Waals surface area (Å²) in [6.45, 7) is 5.44. The molecule has 2 aromatic rings. The summed E-state index contributed by atoms with van der Waals surface area (Å²) in [5.74, 6) is 0.